The summed E-state index contributed by atoms with van der Waals surface area (Å²) in [5, 5.41) is 11.0. The summed E-state index contributed by atoms with van der Waals surface area (Å²) in [6.07, 6.45) is 2.98. The molecule has 1 aliphatic rings. The van der Waals surface area contributed by atoms with E-state index in [0.717, 1.165) is 30.6 Å². The van der Waals surface area contributed by atoms with E-state index in [2.05, 4.69) is 20.8 Å². The van der Waals surface area contributed by atoms with Crippen LogP contribution in [0.25, 0.3) is 0 Å². The van der Waals surface area contributed by atoms with E-state index in [1.165, 1.54) is 0 Å². The van der Waals surface area contributed by atoms with E-state index in [9.17, 15) is 5.11 Å². The van der Waals surface area contributed by atoms with Gasteiger partial charge in [0.25, 0.3) is 0 Å². The molecule has 0 amide bonds. The zero-order valence-corrected chi connectivity index (χ0v) is 12.6. The summed E-state index contributed by atoms with van der Waals surface area (Å²) in [7, 11) is 0. The average molecular weight is 262 g/mol. The van der Waals surface area contributed by atoms with Crippen molar-refractivity contribution in [2.45, 2.75) is 52.6 Å². The maximum absolute atomic E-state index is 11.0. The zero-order chi connectivity index (χ0) is 14.1. The van der Waals surface area contributed by atoms with Gasteiger partial charge in [-0.3, -0.25) is 0 Å². The summed E-state index contributed by atoms with van der Waals surface area (Å²) in [6, 6.07) is 7.95. The van der Waals surface area contributed by atoms with E-state index < -0.39 is 5.60 Å². The molecule has 2 rings (SSSR count). The van der Waals surface area contributed by atoms with Crippen molar-refractivity contribution in [3.05, 3.63) is 29.8 Å². The number of aliphatic hydroxyl groups is 1. The second-order valence-corrected chi connectivity index (χ2v) is 6.65. The molecule has 0 spiro atoms. The van der Waals surface area contributed by atoms with E-state index in [4.69, 9.17) is 4.74 Å². The molecule has 0 heterocycles. The fourth-order valence-corrected chi connectivity index (χ4v) is 3.31. The first-order valence-electron chi connectivity index (χ1n) is 7.33. The van der Waals surface area contributed by atoms with Crippen molar-refractivity contribution >= 4 is 0 Å². The van der Waals surface area contributed by atoms with Gasteiger partial charge in [0.15, 0.2) is 0 Å². The number of hydrogen-bond donors (Lipinski definition) is 1. The maximum atomic E-state index is 11.0. The molecule has 19 heavy (non-hydrogen) atoms. The molecule has 106 valence electrons. The van der Waals surface area contributed by atoms with Gasteiger partial charge in [0.1, 0.15) is 5.75 Å². The van der Waals surface area contributed by atoms with Gasteiger partial charge in [0, 0.05) is 0 Å². The third-order valence-corrected chi connectivity index (χ3v) is 4.52. The fraction of sp³-hybridized carbons (Fsp3) is 0.647. The molecular formula is C17H26O2. The van der Waals surface area contributed by atoms with E-state index in [1.807, 2.05) is 31.2 Å². The number of ether oxygens (including phenoxy) is 1. The van der Waals surface area contributed by atoms with Gasteiger partial charge in [0.05, 0.1) is 12.2 Å². The van der Waals surface area contributed by atoms with Crippen LogP contribution >= 0.6 is 0 Å². The summed E-state index contributed by atoms with van der Waals surface area (Å²) < 4.78 is 5.46. The molecule has 0 radical (unpaired) electrons. The van der Waals surface area contributed by atoms with Crippen LogP contribution in [0.15, 0.2) is 24.3 Å². The van der Waals surface area contributed by atoms with Gasteiger partial charge in [0.2, 0.25) is 0 Å². The van der Waals surface area contributed by atoms with E-state index >= 15 is 0 Å². The van der Waals surface area contributed by atoms with Crippen molar-refractivity contribution in [1.29, 1.82) is 0 Å². The smallest absolute Gasteiger partial charge is 0.119 e. The molecule has 2 heteroatoms. The second kappa shape index (κ2) is 5.16. The molecule has 0 aliphatic heterocycles. The van der Waals surface area contributed by atoms with Crippen LogP contribution < -0.4 is 4.74 Å². The summed E-state index contributed by atoms with van der Waals surface area (Å²) in [5.74, 6) is 1.16. The van der Waals surface area contributed by atoms with Gasteiger partial charge < -0.3 is 9.84 Å². The summed E-state index contributed by atoms with van der Waals surface area (Å²) in [6.45, 7) is 9.40. The predicted octanol–water partition coefficient (Wildman–Crippen LogP) is 4.12. The molecule has 1 aromatic rings. The van der Waals surface area contributed by atoms with Crippen molar-refractivity contribution in [2.75, 3.05) is 6.61 Å². The molecule has 1 saturated carbocycles. The minimum absolute atomic E-state index is 0.286. The first-order chi connectivity index (χ1) is 8.87. The molecule has 0 saturated heterocycles. The van der Waals surface area contributed by atoms with Crippen molar-refractivity contribution in [3.8, 4) is 5.75 Å². The maximum Gasteiger partial charge on any atom is 0.119 e. The zero-order valence-electron chi connectivity index (χ0n) is 12.6. The molecule has 0 bridgehead atoms. The van der Waals surface area contributed by atoms with Crippen LogP contribution in [0.3, 0.4) is 0 Å². The molecule has 1 aromatic carbocycles. The largest absolute Gasteiger partial charge is 0.494 e. The van der Waals surface area contributed by atoms with Crippen LogP contribution in [0.2, 0.25) is 0 Å². The normalized spacial score (nSPS) is 30.1. The third-order valence-electron chi connectivity index (χ3n) is 4.52. The van der Waals surface area contributed by atoms with Crippen LogP contribution in [0.5, 0.6) is 5.75 Å². The third kappa shape index (κ3) is 2.94. The van der Waals surface area contributed by atoms with Crippen molar-refractivity contribution < 1.29 is 9.84 Å². The average Bonchev–Trinajstić information content (AvgIpc) is 2.35. The molecule has 2 unspecified atom stereocenters. The van der Waals surface area contributed by atoms with E-state index in [0.29, 0.717) is 12.0 Å². The van der Waals surface area contributed by atoms with Crippen molar-refractivity contribution in [1.82, 2.24) is 0 Å². The van der Waals surface area contributed by atoms with Crippen LogP contribution in [-0.4, -0.2) is 11.7 Å². The minimum atomic E-state index is -0.680. The Morgan fingerprint density at radius 2 is 1.84 bits per heavy atom. The molecule has 2 nitrogen and oxygen atoms in total. The van der Waals surface area contributed by atoms with Crippen molar-refractivity contribution in [2.24, 2.45) is 11.3 Å². The number of rotatable bonds is 3. The molecule has 1 N–H and O–H groups in total. The van der Waals surface area contributed by atoms with Crippen LogP contribution in [0.1, 0.15) is 52.5 Å². The highest BCUT2D eigenvalue weighted by atomic mass is 16.5. The monoisotopic (exact) mass is 262 g/mol. The van der Waals surface area contributed by atoms with Crippen LogP contribution in [-0.2, 0) is 5.60 Å². The SMILES string of the molecule is CCOc1ccc(C2(O)CCC(C)(C)CC2C)cc1. The summed E-state index contributed by atoms with van der Waals surface area (Å²) >= 11 is 0. The van der Waals surface area contributed by atoms with Crippen LogP contribution in [0, 0.1) is 11.3 Å². The van der Waals surface area contributed by atoms with Gasteiger partial charge >= 0.3 is 0 Å². The molecule has 1 aliphatic carbocycles. The lowest BCUT2D eigenvalue weighted by molar-refractivity contribution is -0.0769. The van der Waals surface area contributed by atoms with E-state index in [1.54, 1.807) is 0 Å². The molecule has 1 fully saturated rings. The quantitative estimate of drug-likeness (QED) is 0.888. The highest BCUT2D eigenvalue weighted by Crippen LogP contribution is 2.48. The number of benzene rings is 1. The van der Waals surface area contributed by atoms with Gasteiger partial charge in [-0.25, -0.2) is 0 Å². The standard InChI is InChI=1S/C17H26O2/c1-5-19-15-8-6-14(7-9-15)17(18)11-10-16(3,4)12-13(17)2/h6-9,13,18H,5,10-12H2,1-4H3. The first-order valence-corrected chi connectivity index (χ1v) is 7.33. The van der Waals surface area contributed by atoms with Crippen molar-refractivity contribution in [3.63, 3.8) is 0 Å². The molecular weight excluding hydrogens is 236 g/mol. The predicted molar refractivity (Wildman–Crippen MR) is 78.3 cm³/mol. The first kappa shape index (κ1) is 14.4. The van der Waals surface area contributed by atoms with Crippen LogP contribution in [0.4, 0.5) is 0 Å². The highest BCUT2D eigenvalue weighted by Gasteiger charge is 2.43. The topological polar surface area (TPSA) is 29.5 Å². The number of hydrogen-bond acceptors (Lipinski definition) is 2. The second-order valence-electron chi connectivity index (χ2n) is 6.65. The highest BCUT2D eigenvalue weighted by molar-refractivity contribution is 5.31. The van der Waals surface area contributed by atoms with Gasteiger partial charge in [-0.05, 0) is 55.2 Å². The Labute approximate surface area is 116 Å². The molecule has 0 aromatic heterocycles. The van der Waals surface area contributed by atoms with Gasteiger partial charge in [-0.15, -0.1) is 0 Å². The summed E-state index contributed by atoms with van der Waals surface area (Å²) in [5.41, 5.74) is 0.691. The minimum Gasteiger partial charge on any atom is -0.494 e. The Morgan fingerprint density at radius 1 is 1.21 bits per heavy atom. The fourth-order valence-electron chi connectivity index (χ4n) is 3.31. The molecule has 2 atom stereocenters. The Bertz CT molecular complexity index is 421. The van der Waals surface area contributed by atoms with Gasteiger partial charge in [-0.1, -0.05) is 32.9 Å². The lowest BCUT2D eigenvalue weighted by Gasteiger charge is -2.45. The van der Waals surface area contributed by atoms with E-state index in [-0.39, 0.29) is 5.92 Å². The summed E-state index contributed by atoms with van der Waals surface area (Å²) in [4.78, 5) is 0. The van der Waals surface area contributed by atoms with Gasteiger partial charge in [-0.2, -0.15) is 0 Å². The Kier molecular flexibility index (Phi) is 3.91. The lowest BCUT2D eigenvalue weighted by atomic mass is 9.63. The lowest BCUT2D eigenvalue weighted by Crippen LogP contribution is -2.41. The Balaban J connectivity index is 2.20. The Hall–Kier alpha value is -1.02. The Morgan fingerprint density at radius 3 is 2.37 bits per heavy atom.